The summed E-state index contributed by atoms with van der Waals surface area (Å²) in [6.45, 7) is 3.37. The predicted molar refractivity (Wildman–Crippen MR) is 72.5 cm³/mol. The zero-order chi connectivity index (χ0) is 13.9. The maximum atomic E-state index is 12.3. The molecule has 2 rings (SSSR count). The first-order chi connectivity index (χ1) is 9.02. The SMILES string of the molecule is CC1(C(=O)NCC2(CO)CCCCC2)COCC1N. The number of hydrogen-bond acceptors (Lipinski definition) is 4. The van der Waals surface area contributed by atoms with E-state index in [9.17, 15) is 9.90 Å². The maximum absolute atomic E-state index is 12.3. The van der Waals surface area contributed by atoms with Gasteiger partial charge >= 0.3 is 0 Å². The Morgan fingerprint density at radius 3 is 2.63 bits per heavy atom. The number of ether oxygens (including phenoxy) is 1. The van der Waals surface area contributed by atoms with E-state index in [1.54, 1.807) is 0 Å². The lowest BCUT2D eigenvalue weighted by molar-refractivity contribution is -0.131. The van der Waals surface area contributed by atoms with Crippen molar-refractivity contribution >= 4 is 5.91 Å². The van der Waals surface area contributed by atoms with Crippen LogP contribution in [0.2, 0.25) is 0 Å². The molecule has 4 N–H and O–H groups in total. The Labute approximate surface area is 114 Å². The van der Waals surface area contributed by atoms with Gasteiger partial charge in [0.2, 0.25) is 5.91 Å². The molecule has 1 aliphatic carbocycles. The van der Waals surface area contributed by atoms with Crippen LogP contribution in [0, 0.1) is 10.8 Å². The van der Waals surface area contributed by atoms with Crippen LogP contribution < -0.4 is 11.1 Å². The van der Waals surface area contributed by atoms with Gasteiger partial charge in [-0.1, -0.05) is 19.3 Å². The average molecular weight is 270 g/mol. The highest BCUT2D eigenvalue weighted by Gasteiger charge is 2.45. The van der Waals surface area contributed by atoms with Gasteiger partial charge in [0.15, 0.2) is 0 Å². The van der Waals surface area contributed by atoms with Crippen molar-refractivity contribution in [3.8, 4) is 0 Å². The highest BCUT2D eigenvalue weighted by Crippen LogP contribution is 2.35. The molecule has 0 radical (unpaired) electrons. The van der Waals surface area contributed by atoms with Crippen molar-refractivity contribution in [3.63, 3.8) is 0 Å². The molecule has 110 valence electrons. The molecule has 2 fully saturated rings. The predicted octanol–water partition coefficient (Wildman–Crippen LogP) is 0.409. The molecule has 1 saturated heterocycles. The standard InChI is InChI=1S/C14H26N2O3/c1-13(10-19-7-11(13)15)12(18)16-8-14(9-17)5-3-2-4-6-14/h11,17H,2-10,15H2,1H3,(H,16,18). The summed E-state index contributed by atoms with van der Waals surface area (Å²) < 4.78 is 5.30. The van der Waals surface area contributed by atoms with Crippen molar-refractivity contribution in [2.24, 2.45) is 16.6 Å². The van der Waals surface area contributed by atoms with Crippen molar-refractivity contribution in [2.75, 3.05) is 26.4 Å². The number of hydrogen-bond donors (Lipinski definition) is 3. The Morgan fingerprint density at radius 2 is 2.11 bits per heavy atom. The number of nitrogens with two attached hydrogens (primary N) is 1. The fourth-order valence-electron chi connectivity index (χ4n) is 3.09. The fourth-order valence-corrected chi connectivity index (χ4v) is 3.09. The number of aliphatic hydroxyl groups is 1. The van der Waals surface area contributed by atoms with Gasteiger partial charge in [-0.25, -0.2) is 0 Å². The van der Waals surface area contributed by atoms with E-state index in [2.05, 4.69) is 5.32 Å². The Kier molecular flexibility index (Phi) is 4.48. The minimum atomic E-state index is -0.634. The van der Waals surface area contributed by atoms with Crippen molar-refractivity contribution in [1.82, 2.24) is 5.32 Å². The van der Waals surface area contributed by atoms with Crippen LogP contribution in [-0.2, 0) is 9.53 Å². The molecule has 0 aromatic rings. The molecule has 1 saturated carbocycles. The van der Waals surface area contributed by atoms with Gasteiger partial charge < -0.3 is 20.9 Å². The second kappa shape index (κ2) is 5.77. The molecule has 1 aliphatic heterocycles. The second-order valence-electron chi connectivity index (χ2n) is 6.44. The van der Waals surface area contributed by atoms with E-state index in [1.807, 2.05) is 6.92 Å². The van der Waals surface area contributed by atoms with E-state index in [-0.39, 0.29) is 24.0 Å². The van der Waals surface area contributed by atoms with Crippen LogP contribution in [0.4, 0.5) is 0 Å². The summed E-state index contributed by atoms with van der Waals surface area (Å²) in [5, 5.41) is 12.6. The van der Waals surface area contributed by atoms with Gasteiger partial charge in [-0.2, -0.15) is 0 Å². The molecule has 19 heavy (non-hydrogen) atoms. The first-order valence-electron chi connectivity index (χ1n) is 7.25. The maximum Gasteiger partial charge on any atom is 0.229 e. The summed E-state index contributed by atoms with van der Waals surface area (Å²) in [6.07, 6.45) is 5.48. The largest absolute Gasteiger partial charge is 0.396 e. The van der Waals surface area contributed by atoms with Gasteiger partial charge in [0.25, 0.3) is 0 Å². The highest BCUT2D eigenvalue weighted by atomic mass is 16.5. The molecule has 1 amide bonds. The molecule has 2 unspecified atom stereocenters. The Morgan fingerprint density at radius 1 is 1.42 bits per heavy atom. The Balaban J connectivity index is 1.92. The van der Waals surface area contributed by atoms with Crippen LogP contribution in [0.1, 0.15) is 39.0 Å². The fraction of sp³-hybridized carbons (Fsp3) is 0.929. The average Bonchev–Trinajstić information content (AvgIpc) is 2.78. The van der Waals surface area contributed by atoms with Gasteiger partial charge in [-0.05, 0) is 19.8 Å². The molecular weight excluding hydrogens is 244 g/mol. The van der Waals surface area contributed by atoms with Crippen LogP contribution in [0.15, 0.2) is 0 Å². The van der Waals surface area contributed by atoms with E-state index < -0.39 is 5.41 Å². The summed E-state index contributed by atoms with van der Waals surface area (Å²) in [5.74, 6) is -0.0455. The van der Waals surface area contributed by atoms with Gasteiger partial charge in [-0.15, -0.1) is 0 Å². The van der Waals surface area contributed by atoms with E-state index in [1.165, 1.54) is 6.42 Å². The molecule has 0 aromatic heterocycles. The molecule has 0 bridgehead atoms. The highest BCUT2D eigenvalue weighted by molar-refractivity contribution is 5.83. The lowest BCUT2D eigenvalue weighted by atomic mass is 9.74. The van der Waals surface area contributed by atoms with E-state index >= 15 is 0 Å². The number of nitrogens with one attached hydrogen (secondary N) is 1. The molecule has 2 atom stereocenters. The molecule has 2 aliphatic rings. The summed E-state index contributed by atoms with van der Waals surface area (Å²) in [7, 11) is 0. The normalized spacial score (nSPS) is 34.2. The number of aliphatic hydroxyl groups excluding tert-OH is 1. The van der Waals surface area contributed by atoms with Crippen LogP contribution in [-0.4, -0.2) is 43.4 Å². The third-order valence-electron chi connectivity index (χ3n) is 4.91. The zero-order valence-corrected chi connectivity index (χ0v) is 11.8. The van der Waals surface area contributed by atoms with E-state index in [4.69, 9.17) is 10.5 Å². The van der Waals surface area contributed by atoms with Crippen LogP contribution in [0.25, 0.3) is 0 Å². The molecule has 0 aromatic carbocycles. The first-order valence-corrected chi connectivity index (χ1v) is 7.25. The van der Waals surface area contributed by atoms with E-state index in [0.29, 0.717) is 19.8 Å². The molecule has 5 heteroatoms. The van der Waals surface area contributed by atoms with Crippen LogP contribution in [0.3, 0.4) is 0 Å². The third-order valence-corrected chi connectivity index (χ3v) is 4.91. The molecule has 5 nitrogen and oxygen atoms in total. The first kappa shape index (κ1) is 14.8. The minimum absolute atomic E-state index is 0.0455. The van der Waals surface area contributed by atoms with Crippen molar-refractivity contribution in [2.45, 2.75) is 45.1 Å². The summed E-state index contributed by atoms with van der Waals surface area (Å²) in [4.78, 5) is 12.3. The lowest BCUT2D eigenvalue weighted by Crippen LogP contribution is -2.52. The molecule has 0 spiro atoms. The summed E-state index contributed by atoms with van der Waals surface area (Å²) in [6, 6.07) is -0.246. The minimum Gasteiger partial charge on any atom is -0.396 e. The van der Waals surface area contributed by atoms with Crippen molar-refractivity contribution in [3.05, 3.63) is 0 Å². The van der Waals surface area contributed by atoms with Crippen molar-refractivity contribution in [1.29, 1.82) is 0 Å². The Hall–Kier alpha value is -0.650. The second-order valence-corrected chi connectivity index (χ2v) is 6.44. The molecular formula is C14H26N2O3. The van der Waals surface area contributed by atoms with Crippen LogP contribution >= 0.6 is 0 Å². The van der Waals surface area contributed by atoms with Gasteiger partial charge in [0, 0.05) is 18.0 Å². The Bertz CT molecular complexity index is 329. The van der Waals surface area contributed by atoms with Crippen molar-refractivity contribution < 1.29 is 14.6 Å². The van der Waals surface area contributed by atoms with Gasteiger partial charge in [0.05, 0.1) is 25.2 Å². The quantitative estimate of drug-likeness (QED) is 0.691. The zero-order valence-electron chi connectivity index (χ0n) is 11.8. The molecule has 1 heterocycles. The van der Waals surface area contributed by atoms with E-state index in [0.717, 1.165) is 25.7 Å². The van der Waals surface area contributed by atoms with Gasteiger partial charge in [-0.3, -0.25) is 4.79 Å². The number of amides is 1. The monoisotopic (exact) mass is 270 g/mol. The summed E-state index contributed by atoms with van der Waals surface area (Å²) in [5.41, 5.74) is 5.19. The number of carbonyl (C=O) groups is 1. The smallest absolute Gasteiger partial charge is 0.229 e. The number of carbonyl (C=O) groups excluding carboxylic acids is 1. The summed E-state index contributed by atoms with van der Waals surface area (Å²) >= 11 is 0. The topological polar surface area (TPSA) is 84.6 Å². The van der Waals surface area contributed by atoms with Gasteiger partial charge in [0.1, 0.15) is 0 Å². The lowest BCUT2D eigenvalue weighted by Gasteiger charge is -2.37. The van der Waals surface area contributed by atoms with Crippen LogP contribution in [0.5, 0.6) is 0 Å². The number of rotatable bonds is 4. The third kappa shape index (κ3) is 2.93.